The number of halogens is 3. The summed E-state index contributed by atoms with van der Waals surface area (Å²) in [6.07, 6.45) is -1.73. The highest BCUT2D eigenvalue weighted by Crippen LogP contribution is 2.45. The van der Waals surface area contributed by atoms with E-state index in [9.17, 15) is 26.4 Å². The normalized spacial score (nSPS) is 26.7. The summed E-state index contributed by atoms with van der Waals surface area (Å²) in [4.78, 5) is 13.6. The Labute approximate surface area is 150 Å². The van der Waals surface area contributed by atoms with Gasteiger partial charge in [-0.25, -0.2) is 13.6 Å². The number of benzene rings is 1. The summed E-state index contributed by atoms with van der Waals surface area (Å²) in [5.74, 6) is -0.950. The molecular weight excluding hydrogens is 369 g/mol. The minimum Gasteiger partial charge on any atom is -0.323 e. The molecule has 1 heterocycles. The van der Waals surface area contributed by atoms with Crippen LogP contribution in [0.1, 0.15) is 48.0 Å². The topological polar surface area (TPSA) is 80.5 Å². The number of aryl methyl sites for hydroxylation is 1. The minimum atomic E-state index is -4.51. The fraction of sp³-hybridized carbons (Fsp3) is 0.588. The molecule has 0 spiro atoms. The van der Waals surface area contributed by atoms with Crippen LogP contribution in [0.25, 0.3) is 0 Å². The largest absolute Gasteiger partial charge is 0.408 e. The van der Waals surface area contributed by atoms with Crippen LogP contribution in [0.15, 0.2) is 23.1 Å². The van der Waals surface area contributed by atoms with Gasteiger partial charge in [0.25, 0.3) is 5.91 Å². The molecule has 1 aromatic rings. The Kier molecular flexibility index (Phi) is 4.81. The maximum atomic E-state index is 13.5. The predicted octanol–water partition coefficient (Wildman–Crippen LogP) is 2.98. The van der Waals surface area contributed by atoms with Crippen molar-refractivity contribution in [3.63, 3.8) is 0 Å². The van der Waals surface area contributed by atoms with E-state index in [2.05, 4.69) is 0 Å². The third-order valence-corrected chi connectivity index (χ3v) is 6.49. The van der Waals surface area contributed by atoms with Gasteiger partial charge in [-0.05, 0) is 49.8 Å². The number of rotatable bonds is 2. The van der Waals surface area contributed by atoms with E-state index < -0.39 is 34.2 Å². The molecule has 0 aromatic heterocycles. The standard InChI is InChI=1S/C17H21F3N2O3S/c1-10-6-7-12(8-14(10)26(21,24)25)16(23)22-13-5-3-2-4-11(13)9-15(22)17(18,19)20/h6-8,11,13,15H,2-5,9H2,1H3,(H2,21,24,25)/t11-,13-,15-/m0/s1. The molecule has 1 aliphatic heterocycles. The van der Waals surface area contributed by atoms with E-state index in [1.54, 1.807) is 0 Å². The molecule has 3 rings (SSSR count). The zero-order chi connectivity index (χ0) is 19.3. The lowest BCUT2D eigenvalue weighted by Gasteiger charge is -2.34. The van der Waals surface area contributed by atoms with Crippen LogP contribution in [0, 0.1) is 12.8 Å². The van der Waals surface area contributed by atoms with Gasteiger partial charge in [0.05, 0.1) is 4.90 Å². The molecule has 0 radical (unpaired) electrons. The summed E-state index contributed by atoms with van der Waals surface area (Å²) in [5.41, 5.74) is 0.258. The monoisotopic (exact) mass is 390 g/mol. The van der Waals surface area contributed by atoms with Crippen LogP contribution < -0.4 is 5.14 Å². The molecule has 1 saturated carbocycles. The van der Waals surface area contributed by atoms with E-state index in [0.29, 0.717) is 18.4 Å². The van der Waals surface area contributed by atoms with Gasteiger partial charge in [-0.2, -0.15) is 13.2 Å². The van der Waals surface area contributed by atoms with Crippen molar-refractivity contribution >= 4 is 15.9 Å². The van der Waals surface area contributed by atoms with Crippen molar-refractivity contribution in [1.29, 1.82) is 0 Å². The fourth-order valence-electron chi connectivity index (χ4n) is 4.23. The van der Waals surface area contributed by atoms with Gasteiger partial charge >= 0.3 is 6.18 Å². The number of hydrogen-bond donors (Lipinski definition) is 1. The summed E-state index contributed by atoms with van der Waals surface area (Å²) in [6.45, 7) is 1.51. The second-order valence-electron chi connectivity index (χ2n) is 7.14. The molecule has 1 aromatic carbocycles. The number of amides is 1. The van der Waals surface area contributed by atoms with E-state index in [4.69, 9.17) is 5.14 Å². The minimum absolute atomic E-state index is 0.0832. The first-order valence-corrected chi connectivity index (χ1v) is 10.1. The first-order valence-electron chi connectivity index (χ1n) is 8.53. The zero-order valence-electron chi connectivity index (χ0n) is 14.3. The number of primary sulfonamides is 1. The Balaban J connectivity index is 2.01. The number of carbonyl (C=O) groups excluding carboxylic acids is 1. The van der Waals surface area contributed by atoms with E-state index in [1.165, 1.54) is 19.1 Å². The van der Waals surface area contributed by atoms with Crippen LogP contribution in [-0.2, 0) is 10.0 Å². The van der Waals surface area contributed by atoms with E-state index in [-0.39, 0.29) is 22.8 Å². The third-order valence-electron chi connectivity index (χ3n) is 5.44. The molecule has 144 valence electrons. The lowest BCUT2D eigenvalue weighted by molar-refractivity contribution is -0.172. The molecule has 1 saturated heterocycles. The van der Waals surface area contributed by atoms with E-state index >= 15 is 0 Å². The Morgan fingerprint density at radius 1 is 1.23 bits per heavy atom. The molecule has 1 aliphatic carbocycles. The van der Waals surface area contributed by atoms with Crippen LogP contribution in [0.3, 0.4) is 0 Å². The van der Waals surface area contributed by atoms with Gasteiger partial charge < -0.3 is 4.90 Å². The van der Waals surface area contributed by atoms with E-state index in [0.717, 1.165) is 23.8 Å². The quantitative estimate of drug-likeness (QED) is 0.843. The second-order valence-corrected chi connectivity index (χ2v) is 8.67. The summed E-state index contributed by atoms with van der Waals surface area (Å²) >= 11 is 0. The highest BCUT2D eigenvalue weighted by atomic mass is 32.2. The molecular formula is C17H21F3N2O3S. The van der Waals surface area contributed by atoms with Crippen molar-refractivity contribution in [2.24, 2.45) is 11.1 Å². The number of nitrogens with two attached hydrogens (primary N) is 1. The zero-order valence-corrected chi connectivity index (χ0v) is 15.1. The maximum absolute atomic E-state index is 13.5. The number of fused-ring (bicyclic) bond motifs is 1. The fourth-order valence-corrected chi connectivity index (χ4v) is 5.04. The van der Waals surface area contributed by atoms with Crippen LogP contribution >= 0.6 is 0 Å². The van der Waals surface area contributed by atoms with Gasteiger partial charge in [0, 0.05) is 11.6 Å². The molecule has 9 heteroatoms. The summed E-state index contributed by atoms with van der Waals surface area (Å²) in [5, 5.41) is 5.15. The number of alkyl halides is 3. The van der Waals surface area contributed by atoms with Gasteiger partial charge in [-0.15, -0.1) is 0 Å². The van der Waals surface area contributed by atoms with Crippen LogP contribution in [-0.4, -0.2) is 37.5 Å². The molecule has 2 fully saturated rings. The molecule has 26 heavy (non-hydrogen) atoms. The Morgan fingerprint density at radius 2 is 1.88 bits per heavy atom. The lowest BCUT2D eigenvalue weighted by Crippen LogP contribution is -2.49. The summed E-state index contributed by atoms with van der Waals surface area (Å²) in [6, 6.07) is 1.54. The summed E-state index contributed by atoms with van der Waals surface area (Å²) < 4.78 is 64.0. The molecule has 5 nitrogen and oxygen atoms in total. The van der Waals surface area contributed by atoms with Gasteiger partial charge in [0.15, 0.2) is 0 Å². The van der Waals surface area contributed by atoms with Crippen LogP contribution in [0.4, 0.5) is 13.2 Å². The molecule has 0 unspecified atom stereocenters. The third kappa shape index (κ3) is 3.46. The van der Waals surface area contributed by atoms with Gasteiger partial charge in [0.2, 0.25) is 10.0 Å². The Morgan fingerprint density at radius 3 is 2.50 bits per heavy atom. The smallest absolute Gasteiger partial charge is 0.323 e. The van der Waals surface area contributed by atoms with Crippen molar-refractivity contribution in [2.45, 2.75) is 62.2 Å². The van der Waals surface area contributed by atoms with Gasteiger partial charge in [-0.3, -0.25) is 4.79 Å². The van der Waals surface area contributed by atoms with Gasteiger partial charge in [-0.1, -0.05) is 18.9 Å². The number of sulfonamides is 1. The molecule has 1 amide bonds. The number of likely N-dealkylation sites (tertiary alicyclic amines) is 1. The van der Waals surface area contributed by atoms with Crippen molar-refractivity contribution in [2.75, 3.05) is 0 Å². The first kappa shape index (κ1) is 19.2. The van der Waals surface area contributed by atoms with Crippen molar-refractivity contribution in [1.82, 2.24) is 4.90 Å². The summed E-state index contributed by atoms with van der Waals surface area (Å²) in [7, 11) is -4.07. The average molecular weight is 390 g/mol. The highest BCUT2D eigenvalue weighted by molar-refractivity contribution is 7.89. The lowest BCUT2D eigenvalue weighted by atomic mass is 9.84. The molecule has 0 bridgehead atoms. The molecule has 3 atom stereocenters. The number of hydrogen-bond acceptors (Lipinski definition) is 3. The first-order chi connectivity index (χ1) is 12.0. The highest BCUT2D eigenvalue weighted by Gasteiger charge is 2.55. The number of nitrogens with zero attached hydrogens (tertiary/aromatic N) is 1. The molecule has 2 aliphatic rings. The van der Waals surface area contributed by atoms with Crippen LogP contribution in [0.5, 0.6) is 0 Å². The number of carbonyl (C=O) groups is 1. The predicted molar refractivity (Wildman–Crippen MR) is 88.9 cm³/mol. The second kappa shape index (κ2) is 6.53. The van der Waals surface area contributed by atoms with Crippen molar-refractivity contribution in [3.05, 3.63) is 29.3 Å². The van der Waals surface area contributed by atoms with Crippen molar-refractivity contribution < 1.29 is 26.4 Å². The van der Waals surface area contributed by atoms with Crippen LogP contribution in [0.2, 0.25) is 0 Å². The average Bonchev–Trinajstić information content (AvgIpc) is 2.93. The molecule has 2 N–H and O–H groups in total. The van der Waals surface area contributed by atoms with Gasteiger partial charge in [0.1, 0.15) is 6.04 Å². The Bertz CT molecular complexity index is 823. The SMILES string of the molecule is Cc1ccc(C(=O)N2[C@H](C(F)(F)F)C[C@@H]3CCCC[C@@H]32)cc1S(N)(=O)=O. The van der Waals surface area contributed by atoms with Crippen molar-refractivity contribution in [3.8, 4) is 0 Å². The maximum Gasteiger partial charge on any atom is 0.408 e. The van der Waals surface area contributed by atoms with E-state index in [1.807, 2.05) is 0 Å². The Hall–Kier alpha value is -1.61.